The van der Waals surface area contributed by atoms with E-state index in [0.29, 0.717) is 6.61 Å². The number of aliphatic hydroxyl groups is 1. The fraction of sp³-hybridized carbons (Fsp3) is 0.857. The summed E-state index contributed by atoms with van der Waals surface area (Å²) < 4.78 is 37.4. The van der Waals surface area contributed by atoms with E-state index >= 15 is 0 Å². The van der Waals surface area contributed by atoms with Gasteiger partial charge in [0, 0.05) is 19.6 Å². The first-order valence-electron chi connectivity index (χ1n) is 4.36. The summed E-state index contributed by atoms with van der Waals surface area (Å²) in [6, 6.07) is 0. The molecule has 0 aliphatic rings. The van der Waals surface area contributed by atoms with Gasteiger partial charge in [-0.3, -0.25) is 4.55 Å². The molecule has 0 spiro atoms. The number of ether oxygens (including phenoxy) is 1. The molecule has 0 aliphatic carbocycles. The van der Waals surface area contributed by atoms with Gasteiger partial charge in [0.15, 0.2) is 5.60 Å². The minimum absolute atomic E-state index is 0.0753. The van der Waals surface area contributed by atoms with E-state index in [4.69, 9.17) is 14.4 Å². The van der Waals surface area contributed by atoms with Crippen LogP contribution in [0.5, 0.6) is 0 Å². The van der Waals surface area contributed by atoms with Gasteiger partial charge in [-0.1, -0.05) is 0 Å². The third-order valence-electron chi connectivity index (χ3n) is 1.71. The number of carbonyl (C=O) groups is 1. The first-order chi connectivity index (χ1) is 7.21. The van der Waals surface area contributed by atoms with Gasteiger partial charge in [-0.2, -0.15) is 8.42 Å². The quantitative estimate of drug-likeness (QED) is 0.375. The molecule has 16 heavy (non-hydrogen) atoms. The summed E-state index contributed by atoms with van der Waals surface area (Å²) in [4.78, 5) is 10.7. The third kappa shape index (κ3) is 5.98. The second kappa shape index (κ2) is 6.11. The summed E-state index contributed by atoms with van der Waals surface area (Å²) >= 11 is 0. The van der Waals surface area contributed by atoms with Gasteiger partial charge < -0.3 is 14.9 Å². The SMILES string of the molecule is CCOCC[C@](O)(COS(=O)(=O)O)C(=O)O. The van der Waals surface area contributed by atoms with Crippen molar-refractivity contribution >= 4 is 16.4 Å². The molecule has 0 radical (unpaired) electrons. The van der Waals surface area contributed by atoms with Crippen molar-refractivity contribution in [1.29, 1.82) is 0 Å². The van der Waals surface area contributed by atoms with Crippen LogP contribution in [0.1, 0.15) is 13.3 Å². The molecule has 0 fully saturated rings. The lowest BCUT2D eigenvalue weighted by Crippen LogP contribution is -2.44. The van der Waals surface area contributed by atoms with E-state index in [0.717, 1.165) is 0 Å². The summed E-state index contributed by atoms with van der Waals surface area (Å²) in [7, 11) is -4.79. The van der Waals surface area contributed by atoms with Crippen LogP contribution in [0, 0.1) is 0 Å². The van der Waals surface area contributed by atoms with Gasteiger partial charge in [-0.15, -0.1) is 0 Å². The molecule has 0 amide bonds. The van der Waals surface area contributed by atoms with Crippen LogP contribution in [0.25, 0.3) is 0 Å². The van der Waals surface area contributed by atoms with Gasteiger partial charge in [0.2, 0.25) is 0 Å². The molecule has 0 aromatic carbocycles. The molecule has 3 N–H and O–H groups in total. The van der Waals surface area contributed by atoms with Crippen LogP contribution in [-0.4, -0.2) is 54.6 Å². The largest absolute Gasteiger partial charge is 0.479 e. The molecular formula is C7H14O8S. The van der Waals surface area contributed by atoms with E-state index in [1.165, 1.54) is 0 Å². The van der Waals surface area contributed by atoms with Crippen molar-refractivity contribution in [2.45, 2.75) is 18.9 Å². The number of carboxylic acids is 1. The lowest BCUT2D eigenvalue weighted by atomic mass is 10.0. The normalized spacial score (nSPS) is 15.7. The van der Waals surface area contributed by atoms with E-state index in [-0.39, 0.29) is 13.0 Å². The molecule has 96 valence electrons. The van der Waals surface area contributed by atoms with Gasteiger partial charge >= 0.3 is 16.4 Å². The summed E-state index contributed by atoms with van der Waals surface area (Å²) in [6.45, 7) is 0.853. The molecule has 0 aromatic rings. The molecule has 0 aromatic heterocycles. The molecule has 0 saturated heterocycles. The lowest BCUT2D eigenvalue weighted by Gasteiger charge is -2.21. The van der Waals surface area contributed by atoms with E-state index in [1.54, 1.807) is 6.92 Å². The molecule has 0 saturated carbocycles. The van der Waals surface area contributed by atoms with Crippen LogP contribution in [-0.2, 0) is 24.1 Å². The fourth-order valence-corrected chi connectivity index (χ4v) is 1.14. The molecule has 1 atom stereocenters. The third-order valence-corrected chi connectivity index (χ3v) is 2.12. The Kier molecular flexibility index (Phi) is 5.83. The highest BCUT2D eigenvalue weighted by Crippen LogP contribution is 2.13. The minimum Gasteiger partial charge on any atom is -0.479 e. The van der Waals surface area contributed by atoms with Crippen molar-refractivity contribution in [2.75, 3.05) is 19.8 Å². The second-order valence-electron chi connectivity index (χ2n) is 2.97. The Morgan fingerprint density at radius 1 is 1.44 bits per heavy atom. The number of hydrogen-bond donors (Lipinski definition) is 3. The molecule has 0 heterocycles. The molecular weight excluding hydrogens is 244 g/mol. The van der Waals surface area contributed by atoms with Gasteiger partial charge in [0.05, 0.1) is 0 Å². The summed E-state index contributed by atoms with van der Waals surface area (Å²) in [5.74, 6) is -1.66. The molecule has 0 unspecified atom stereocenters. The zero-order valence-electron chi connectivity index (χ0n) is 8.62. The van der Waals surface area contributed by atoms with Crippen LogP contribution in [0.4, 0.5) is 0 Å². The van der Waals surface area contributed by atoms with Crippen LogP contribution in [0.3, 0.4) is 0 Å². The second-order valence-corrected chi connectivity index (χ2v) is 4.06. The fourth-order valence-electron chi connectivity index (χ4n) is 0.798. The lowest BCUT2D eigenvalue weighted by molar-refractivity contribution is -0.164. The van der Waals surface area contributed by atoms with Crippen molar-refractivity contribution in [2.24, 2.45) is 0 Å². The van der Waals surface area contributed by atoms with Crippen LogP contribution >= 0.6 is 0 Å². The van der Waals surface area contributed by atoms with Crippen molar-refractivity contribution in [1.82, 2.24) is 0 Å². The summed E-state index contributed by atoms with van der Waals surface area (Å²) in [5, 5.41) is 18.2. The number of rotatable bonds is 8. The van der Waals surface area contributed by atoms with Gasteiger partial charge in [0.1, 0.15) is 6.61 Å². The van der Waals surface area contributed by atoms with Gasteiger partial charge in [-0.05, 0) is 6.92 Å². The molecule has 9 heteroatoms. The van der Waals surface area contributed by atoms with Crippen LogP contribution in [0.2, 0.25) is 0 Å². The Hall–Kier alpha value is -0.740. The molecule has 0 rings (SSSR count). The zero-order valence-corrected chi connectivity index (χ0v) is 9.44. The Labute approximate surface area is 92.7 Å². The van der Waals surface area contributed by atoms with E-state index in [1.807, 2.05) is 0 Å². The Morgan fingerprint density at radius 3 is 2.38 bits per heavy atom. The number of carboxylic acid groups (broad SMARTS) is 1. The van der Waals surface area contributed by atoms with Gasteiger partial charge in [0.25, 0.3) is 0 Å². The number of aliphatic carboxylic acids is 1. The topological polar surface area (TPSA) is 130 Å². The number of hydrogen-bond acceptors (Lipinski definition) is 6. The highest BCUT2D eigenvalue weighted by atomic mass is 32.3. The van der Waals surface area contributed by atoms with E-state index in [2.05, 4.69) is 4.18 Å². The maximum atomic E-state index is 10.7. The Morgan fingerprint density at radius 2 is 2.00 bits per heavy atom. The predicted molar refractivity (Wildman–Crippen MR) is 51.2 cm³/mol. The summed E-state index contributed by atoms with van der Waals surface area (Å²) in [6.07, 6.45) is -0.355. The average molecular weight is 258 g/mol. The van der Waals surface area contributed by atoms with Gasteiger partial charge in [-0.25, -0.2) is 8.98 Å². The Bertz CT molecular complexity index is 323. The molecule has 0 bridgehead atoms. The highest BCUT2D eigenvalue weighted by Gasteiger charge is 2.37. The van der Waals surface area contributed by atoms with Crippen molar-refractivity contribution < 1.29 is 36.9 Å². The minimum atomic E-state index is -4.79. The molecule has 8 nitrogen and oxygen atoms in total. The zero-order chi connectivity index (χ0) is 12.8. The Balaban J connectivity index is 4.40. The summed E-state index contributed by atoms with van der Waals surface area (Å²) in [5.41, 5.74) is -2.41. The standard InChI is InChI=1S/C7H14O8S/c1-2-14-4-3-7(10,6(8)9)5-15-16(11,12)13/h10H,2-5H2,1H3,(H,8,9)(H,11,12,13)/t7-/m0/s1. The van der Waals surface area contributed by atoms with Crippen molar-refractivity contribution in [3.63, 3.8) is 0 Å². The van der Waals surface area contributed by atoms with Crippen molar-refractivity contribution in [3.05, 3.63) is 0 Å². The predicted octanol–water partition coefficient (Wildman–Crippen LogP) is -0.952. The highest BCUT2D eigenvalue weighted by molar-refractivity contribution is 7.80. The van der Waals surface area contributed by atoms with E-state index < -0.39 is 28.6 Å². The van der Waals surface area contributed by atoms with Crippen molar-refractivity contribution in [3.8, 4) is 0 Å². The maximum absolute atomic E-state index is 10.7. The van der Waals surface area contributed by atoms with Crippen LogP contribution in [0.15, 0.2) is 0 Å². The van der Waals surface area contributed by atoms with E-state index in [9.17, 15) is 18.3 Å². The average Bonchev–Trinajstić information content (AvgIpc) is 2.14. The first-order valence-corrected chi connectivity index (χ1v) is 5.73. The molecule has 0 aliphatic heterocycles. The van der Waals surface area contributed by atoms with Crippen LogP contribution < -0.4 is 0 Å². The monoisotopic (exact) mass is 258 g/mol. The first kappa shape index (κ1) is 15.3. The smallest absolute Gasteiger partial charge is 0.397 e. The maximum Gasteiger partial charge on any atom is 0.397 e.